The van der Waals surface area contributed by atoms with Crippen LogP contribution >= 0.6 is 15.9 Å². The largest absolute Gasteiger partial charge is 0.334 e. The van der Waals surface area contributed by atoms with E-state index in [0.717, 1.165) is 4.47 Å². The molecular weight excluding hydrogens is 323 g/mol. The van der Waals surface area contributed by atoms with Crippen LogP contribution < -0.4 is 5.73 Å². The van der Waals surface area contributed by atoms with Crippen LogP contribution in [0.25, 0.3) is 0 Å². The van der Waals surface area contributed by atoms with Crippen molar-refractivity contribution in [1.29, 1.82) is 0 Å². The minimum Gasteiger partial charge on any atom is -0.334 e. The van der Waals surface area contributed by atoms with Crippen LogP contribution in [-0.4, -0.2) is 23.4 Å². The Morgan fingerprint density at radius 1 is 1.55 bits per heavy atom. The van der Waals surface area contributed by atoms with E-state index in [9.17, 15) is 9.18 Å². The zero-order chi connectivity index (χ0) is 15.3. The lowest BCUT2D eigenvalue weighted by Crippen LogP contribution is -2.41. The highest BCUT2D eigenvalue weighted by Crippen LogP contribution is 2.18. The van der Waals surface area contributed by atoms with Gasteiger partial charge in [-0.25, -0.2) is 4.39 Å². The summed E-state index contributed by atoms with van der Waals surface area (Å²) in [7, 11) is 0. The van der Waals surface area contributed by atoms with Crippen molar-refractivity contribution in [3.05, 3.63) is 46.7 Å². The Morgan fingerprint density at radius 3 is 2.75 bits per heavy atom. The van der Waals surface area contributed by atoms with E-state index >= 15 is 0 Å². The minimum absolute atomic E-state index is 0.0979. The molecule has 0 bridgehead atoms. The summed E-state index contributed by atoms with van der Waals surface area (Å²) in [5.41, 5.74) is 6.23. The Balaban J connectivity index is 2.94. The molecule has 2 atom stereocenters. The zero-order valence-electron chi connectivity index (χ0n) is 11.8. The van der Waals surface area contributed by atoms with Crippen LogP contribution in [0.2, 0.25) is 0 Å². The molecular formula is C15H20BrFN2O. The molecule has 2 unspecified atom stereocenters. The quantitative estimate of drug-likeness (QED) is 0.807. The molecule has 0 fully saturated rings. The number of carbonyl (C=O) groups is 1. The van der Waals surface area contributed by atoms with Crippen molar-refractivity contribution in [2.24, 2.45) is 11.7 Å². The van der Waals surface area contributed by atoms with E-state index in [4.69, 9.17) is 5.73 Å². The molecule has 0 saturated carbocycles. The first-order valence-electron chi connectivity index (χ1n) is 6.46. The summed E-state index contributed by atoms with van der Waals surface area (Å²) in [5, 5.41) is 0. The van der Waals surface area contributed by atoms with Crippen LogP contribution in [0, 0.1) is 11.7 Å². The Bertz CT molecular complexity index is 491. The summed E-state index contributed by atoms with van der Waals surface area (Å²) >= 11 is 3.30. The lowest BCUT2D eigenvalue weighted by Gasteiger charge is -2.26. The van der Waals surface area contributed by atoms with Gasteiger partial charge in [-0.2, -0.15) is 0 Å². The zero-order valence-corrected chi connectivity index (χ0v) is 13.4. The SMILES string of the molecule is C=CCN(Cc1cc(Br)ccc1F)C(=O)C(C)C(C)N. The van der Waals surface area contributed by atoms with E-state index < -0.39 is 0 Å². The molecule has 0 heterocycles. The lowest BCUT2D eigenvalue weighted by molar-refractivity contribution is -0.135. The van der Waals surface area contributed by atoms with Crippen molar-refractivity contribution in [3.63, 3.8) is 0 Å². The van der Waals surface area contributed by atoms with Crippen LogP contribution in [0.3, 0.4) is 0 Å². The summed E-state index contributed by atoms with van der Waals surface area (Å²) in [6.45, 7) is 7.77. The summed E-state index contributed by atoms with van der Waals surface area (Å²) in [6.07, 6.45) is 1.63. The van der Waals surface area contributed by atoms with Gasteiger partial charge in [0.25, 0.3) is 0 Å². The second-order valence-corrected chi connectivity index (χ2v) is 5.81. The van der Waals surface area contributed by atoms with Gasteiger partial charge in [-0.15, -0.1) is 6.58 Å². The van der Waals surface area contributed by atoms with Gasteiger partial charge in [-0.3, -0.25) is 4.79 Å². The monoisotopic (exact) mass is 342 g/mol. The molecule has 0 radical (unpaired) electrons. The maximum atomic E-state index is 13.8. The summed E-state index contributed by atoms with van der Waals surface area (Å²) < 4.78 is 14.6. The summed E-state index contributed by atoms with van der Waals surface area (Å²) in [6, 6.07) is 4.44. The Morgan fingerprint density at radius 2 is 2.20 bits per heavy atom. The number of nitrogens with zero attached hydrogens (tertiary/aromatic N) is 1. The number of benzene rings is 1. The summed E-state index contributed by atoms with van der Waals surface area (Å²) in [4.78, 5) is 13.9. The van der Waals surface area contributed by atoms with Gasteiger partial charge in [0, 0.05) is 29.2 Å². The second kappa shape index (κ2) is 7.55. The highest BCUT2D eigenvalue weighted by Gasteiger charge is 2.23. The molecule has 0 saturated heterocycles. The van der Waals surface area contributed by atoms with Crippen LogP contribution in [0.4, 0.5) is 4.39 Å². The fraction of sp³-hybridized carbons (Fsp3) is 0.400. The maximum absolute atomic E-state index is 13.8. The van der Waals surface area contributed by atoms with Crippen molar-refractivity contribution in [2.45, 2.75) is 26.4 Å². The van der Waals surface area contributed by atoms with Gasteiger partial charge < -0.3 is 10.6 Å². The third-order valence-electron chi connectivity index (χ3n) is 3.21. The first-order valence-corrected chi connectivity index (χ1v) is 7.25. The molecule has 0 aromatic heterocycles. The Hall–Kier alpha value is -1.20. The normalized spacial score (nSPS) is 13.7. The second-order valence-electron chi connectivity index (χ2n) is 4.89. The van der Waals surface area contributed by atoms with E-state index in [0.29, 0.717) is 12.1 Å². The molecule has 1 aromatic carbocycles. The molecule has 110 valence electrons. The molecule has 0 aliphatic rings. The number of hydrogen-bond donors (Lipinski definition) is 1. The third kappa shape index (κ3) is 4.42. The predicted octanol–water partition coefficient (Wildman–Crippen LogP) is 3.09. The molecule has 1 aromatic rings. The molecule has 0 spiro atoms. The highest BCUT2D eigenvalue weighted by molar-refractivity contribution is 9.10. The number of amides is 1. The van der Waals surface area contributed by atoms with Gasteiger partial charge >= 0.3 is 0 Å². The molecule has 3 nitrogen and oxygen atoms in total. The minimum atomic E-state index is -0.330. The number of carbonyl (C=O) groups excluding carboxylic acids is 1. The fourth-order valence-corrected chi connectivity index (χ4v) is 2.18. The van der Waals surface area contributed by atoms with Gasteiger partial charge in [0.05, 0.1) is 5.92 Å². The number of nitrogens with two attached hydrogens (primary N) is 1. The van der Waals surface area contributed by atoms with E-state index in [1.165, 1.54) is 6.07 Å². The van der Waals surface area contributed by atoms with E-state index in [1.807, 2.05) is 0 Å². The van der Waals surface area contributed by atoms with Gasteiger partial charge in [-0.05, 0) is 25.1 Å². The number of rotatable bonds is 6. The topological polar surface area (TPSA) is 46.3 Å². The number of halogens is 2. The first-order chi connectivity index (χ1) is 9.36. The van der Waals surface area contributed by atoms with Gasteiger partial charge in [0.1, 0.15) is 5.82 Å². The molecule has 0 aliphatic heterocycles. The molecule has 2 N–H and O–H groups in total. The average Bonchev–Trinajstić information content (AvgIpc) is 2.40. The molecule has 5 heteroatoms. The molecule has 20 heavy (non-hydrogen) atoms. The van der Waals surface area contributed by atoms with Crippen LogP contribution in [-0.2, 0) is 11.3 Å². The van der Waals surface area contributed by atoms with Crippen molar-refractivity contribution in [1.82, 2.24) is 4.90 Å². The van der Waals surface area contributed by atoms with E-state index in [1.54, 1.807) is 37.0 Å². The molecule has 1 amide bonds. The van der Waals surface area contributed by atoms with Gasteiger partial charge in [0.2, 0.25) is 5.91 Å². The Kier molecular flexibility index (Phi) is 6.36. The fourth-order valence-electron chi connectivity index (χ4n) is 1.77. The van der Waals surface area contributed by atoms with Crippen molar-refractivity contribution < 1.29 is 9.18 Å². The molecule has 0 aliphatic carbocycles. The average molecular weight is 343 g/mol. The third-order valence-corrected chi connectivity index (χ3v) is 3.70. The summed E-state index contributed by atoms with van der Waals surface area (Å²) in [5.74, 6) is -0.743. The standard InChI is InChI=1S/C15H20BrFN2O/c1-4-7-19(15(20)10(2)11(3)18)9-12-8-13(16)5-6-14(12)17/h4-6,8,10-11H,1,7,9,18H2,2-3H3. The first kappa shape index (κ1) is 16.9. The highest BCUT2D eigenvalue weighted by atomic mass is 79.9. The van der Waals surface area contributed by atoms with Gasteiger partial charge in [-0.1, -0.05) is 28.9 Å². The molecule has 1 rings (SSSR count). The van der Waals surface area contributed by atoms with Crippen LogP contribution in [0.15, 0.2) is 35.3 Å². The van der Waals surface area contributed by atoms with Crippen molar-refractivity contribution >= 4 is 21.8 Å². The smallest absolute Gasteiger partial charge is 0.227 e. The van der Waals surface area contributed by atoms with E-state index in [2.05, 4.69) is 22.5 Å². The van der Waals surface area contributed by atoms with Crippen LogP contribution in [0.1, 0.15) is 19.4 Å². The predicted molar refractivity (Wildman–Crippen MR) is 82.5 cm³/mol. The van der Waals surface area contributed by atoms with Crippen molar-refractivity contribution in [2.75, 3.05) is 6.54 Å². The lowest BCUT2D eigenvalue weighted by atomic mass is 10.0. The van der Waals surface area contributed by atoms with E-state index in [-0.39, 0.29) is 30.2 Å². The van der Waals surface area contributed by atoms with Crippen LogP contribution in [0.5, 0.6) is 0 Å². The number of hydrogen-bond acceptors (Lipinski definition) is 2. The maximum Gasteiger partial charge on any atom is 0.227 e. The van der Waals surface area contributed by atoms with Crippen molar-refractivity contribution in [3.8, 4) is 0 Å². The Labute approximate surface area is 127 Å². The van der Waals surface area contributed by atoms with Gasteiger partial charge in [0.15, 0.2) is 0 Å².